The van der Waals surface area contributed by atoms with Crippen LogP contribution in [0.15, 0.2) is 22.5 Å². The van der Waals surface area contributed by atoms with Gasteiger partial charge in [0.15, 0.2) is 5.36 Å². The van der Waals surface area contributed by atoms with Gasteiger partial charge in [-0.1, -0.05) is 0 Å². The first-order valence-electron chi connectivity index (χ1n) is 2.70. The molecule has 1 N–H and O–H groups in total. The zero-order valence-electron chi connectivity index (χ0n) is 4.90. The average Bonchev–Trinajstić information content (AvgIpc) is 2.27. The molecule has 0 radical (unpaired) electrons. The number of H-pyrrole nitrogens is 1. The maximum atomic E-state index is 4.74. The quantitative estimate of drug-likeness (QED) is 0.421. The van der Waals surface area contributed by atoms with Gasteiger partial charge >= 0.3 is 0 Å². The highest BCUT2D eigenvalue weighted by molar-refractivity contribution is 7.80. The van der Waals surface area contributed by atoms with Gasteiger partial charge in [-0.05, 0) is 17.2 Å². The molecule has 2 rings (SSSR count). The van der Waals surface area contributed by atoms with Crippen molar-refractivity contribution in [2.75, 3.05) is 0 Å². The van der Waals surface area contributed by atoms with E-state index in [0.717, 1.165) is 0 Å². The molecule has 1 aromatic rings. The third-order valence-electron chi connectivity index (χ3n) is 1.13. The van der Waals surface area contributed by atoms with Crippen molar-refractivity contribution < 1.29 is 4.98 Å². The molecule has 0 unspecified atom stereocenters. The van der Waals surface area contributed by atoms with Gasteiger partial charge in [-0.2, -0.15) is 4.99 Å². The van der Waals surface area contributed by atoms with E-state index in [1.54, 1.807) is 12.5 Å². The summed E-state index contributed by atoms with van der Waals surface area (Å²) < 4.78 is 0. The van der Waals surface area contributed by atoms with Crippen LogP contribution in [0, 0.1) is 0 Å². The summed E-state index contributed by atoms with van der Waals surface area (Å²) in [4.78, 5) is 14.5. The lowest BCUT2D eigenvalue weighted by atomic mass is 10.6. The minimum Gasteiger partial charge on any atom is -0.248 e. The van der Waals surface area contributed by atoms with Gasteiger partial charge in [-0.3, -0.25) is 0 Å². The van der Waals surface area contributed by atoms with Crippen molar-refractivity contribution in [2.24, 2.45) is 9.98 Å². The normalized spacial score (nSPS) is 13.8. The summed E-state index contributed by atoms with van der Waals surface area (Å²) >= 11 is 4.74. The Labute approximate surface area is 61.4 Å². The summed E-state index contributed by atoms with van der Waals surface area (Å²) in [6.45, 7) is 0. The van der Waals surface area contributed by atoms with Gasteiger partial charge in [0, 0.05) is 0 Å². The van der Waals surface area contributed by atoms with Crippen LogP contribution in [-0.4, -0.2) is 10.1 Å². The molecule has 4 nitrogen and oxygen atoms in total. The molecular weight excluding hydrogens is 148 g/mol. The first kappa shape index (κ1) is 5.55. The number of nitrogens with one attached hydrogen (secondary N) is 1. The van der Waals surface area contributed by atoms with Gasteiger partial charge in [-0.15, -0.1) is 0 Å². The fourth-order valence-corrected chi connectivity index (χ4v) is 0.917. The van der Waals surface area contributed by atoms with Crippen LogP contribution in [0.4, 0.5) is 0 Å². The summed E-state index contributed by atoms with van der Waals surface area (Å²) in [7, 11) is 0. The van der Waals surface area contributed by atoms with E-state index in [2.05, 4.69) is 20.0 Å². The van der Waals surface area contributed by atoms with Gasteiger partial charge in [0.1, 0.15) is 6.20 Å². The van der Waals surface area contributed by atoms with Crippen LogP contribution in [0.2, 0.25) is 0 Å². The third-order valence-corrected chi connectivity index (χ3v) is 1.31. The van der Waals surface area contributed by atoms with E-state index >= 15 is 0 Å². The zero-order chi connectivity index (χ0) is 6.97. The molecular formula is C5H3N4S+. The molecule has 0 aromatic carbocycles. The van der Waals surface area contributed by atoms with Crippen LogP contribution >= 0.6 is 12.2 Å². The van der Waals surface area contributed by atoms with Gasteiger partial charge < -0.3 is 0 Å². The van der Waals surface area contributed by atoms with Crippen LogP contribution in [-0.2, 0) is 0 Å². The molecule has 1 aromatic heterocycles. The topological polar surface area (TPSA) is 51.8 Å². The maximum Gasteiger partial charge on any atom is 0.298 e. The largest absolute Gasteiger partial charge is 0.298 e. The van der Waals surface area contributed by atoms with Gasteiger partial charge in [0.2, 0.25) is 5.11 Å². The highest BCUT2D eigenvalue weighted by atomic mass is 32.1. The van der Waals surface area contributed by atoms with Gasteiger partial charge in [0.25, 0.3) is 11.8 Å². The van der Waals surface area contributed by atoms with Crippen LogP contribution in [0.3, 0.4) is 0 Å². The van der Waals surface area contributed by atoms with E-state index in [4.69, 9.17) is 12.2 Å². The van der Waals surface area contributed by atoms with Crippen LogP contribution < -0.4 is 15.8 Å². The van der Waals surface area contributed by atoms with Crippen molar-refractivity contribution in [3.05, 3.63) is 23.4 Å². The molecule has 0 atom stereocenters. The second-order valence-corrected chi connectivity index (χ2v) is 2.15. The maximum absolute atomic E-state index is 4.74. The van der Waals surface area contributed by atoms with Gasteiger partial charge in [-0.25, -0.2) is 9.98 Å². The smallest absolute Gasteiger partial charge is 0.248 e. The third kappa shape index (κ3) is 0.714. The predicted octanol–water partition coefficient (Wildman–Crippen LogP) is -1.57. The molecule has 48 valence electrons. The summed E-state index contributed by atoms with van der Waals surface area (Å²) in [5, 5.41) is 1.06. The SMILES string of the molecule is S=C1N=c2c[nH+]cnc2=N1. The second kappa shape index (κ2) is 1.88. The monoisotopic (exact) mass is 151 g/mol. The number of aromatic nitrogens is 2. The Kier molecular flexibility index (Phi) is 1.04. The number of aromatic amines is 1. The van der Waals surface area contributed by atoms with E-state index in [9.17, 15) is 0 Å². The minimum atomic E-state index is 0.349. The Hall–Kier alpha value is -1.23. The molecule has 5 heteroatoms. The lowest BCUT2D eigenvalue weighted by Crippen LogP contribution is -2.30. The first-order valence-corrected chi connectivity index (χ1v) is 3.10. The minimum absolute atomic E-state index is 0.349. The molecule has 10 heavy (non-hydrogen) atoms. The number of fused-ring (bicyclic) bond motifs is 1. The molecule has 0 bridgehead atoms. The summed E-state index contributed by atoms with van der Waals surface area (Å²) in [5.74, 6) is 0. The Morgan fingerprint density at radius 3 is 3.10 bits per heavy atom. The Balaban J connectivity index is 2.96. The summed E-state index contributed by atoms with van der Waals surface area (Å²) in [6.07, 6.45) is 3.26. The Morgan fingerprint density at radius 2 is 2.30 bits per heavy atom. The van der Waals surface area contributed by atoms with Crippen LogP contribution in [0.1, 0.15) is 0 Å². The molecule has 2 heterocycles. The van der Waals surface area contributed by atoms with Crippen LogP contribution in [0.25, 0.3) is 0 Å². The Morgan fingerprint density at radius 1 is 1.40 bits per heavy atom. The second-order valence-electron chi connectivity index (χ2n) is 1.78. The number of nitrogens with zero attached hydrogens (tertiary/aromatic N) is 3. The lowest BCUT2D eigenvalue weighted by Gasteiger charge is -1.68. The number of hydrogen-bond acceptors (Lipinski definition) is 2. The average molecular weight is 151 g/mol. The van der Waals surface area contributed by atoms with Crippen molar-refractivity contribution >= 4 is 17.3 Å². The fourth-order valence-electron chi connectivity index (χ4n) is 0.732. The summed E-state index contributed by atoms with van der Waals surface area (Å²) in [6, 6.07) is 0. The van der Waals surface area contributed by atoms with E-state index in [1.165, 1.54) is 0 Å². The van der Waals surface area contributed by atoms with E-state index in [1.807, 2.05) is 0 Å². The standard InChI is InChI=1S/C5H2N4S/c10-5-8-3-1-6-2-7-4(3)9-5/h1-2H/p+1. The van der Waals surface area contributed by atoms with E-state index < -0.39 is 0 Å². The molecule has 0 amide bonds. The van der Waals surface area contributed by atoms with E-state index in [0.29, 0.717) is 16.0 Å². The van der Waals surface area contributed by atoms with E-state index in [-0.39, 0.29) is 0 Å². The van der Waals surface area contributed by atoms with Crippen molar-refractivity contribution in [1.29, 1.82) is 0 Å². The number of hydrogen-bond donors (Lipinski definition) is 0. The highest BCUT2D eigenvalue weighted by Crippen LogP contribution is 1.80. The number of thiocarbonyl (C=S) groups is 1. The van der Waals surface area contributed by atoms with Crippen molar-refractivity contribution in [3.8, 4) is 0 Å². The molecule has 0 aliphatic carbocycles. The number of rotatable bonds is 0. The summed E-state index contributed by atoms with van der Waals surface area (Å²) in [5.41, 5.74) is 0.601. The van der Waals surface area contributed by atoms with Gasteiger partial charge in [0.05, 0.1) is 0 Å². The lowest BCUT2D eigenvalue weighted by molar-refractivity contribution is -0.384. The first-order chi connectivity index (χ1) is 4.86. The predicted molar refractivity (Wildman–Crippen MR) is 35.7 cm³/mol. The zero-order valence-corrected chi connectivity index (χ0v) is 5.72. The fraction of sp³-hybridized carbons (Fsp3) is 0. The molecule has 0 spiro atoms. The van der Waals surface area contributed by atoms with Crippen LogP contribution in [0.5, 0.6) is 0 Å². The molecule has 1 aliphatic heterocycles. The van der Waals surface area contributed by atoms with Crippen molar-refractivity contribution in [2.45, 2.75) is 0 Å². The molecule has 1 aliphatic rings. The Bertz CT molecular complexity index is 359. The highest BCUT2D eigenvalue weighted by Gasteiger charge is 2.05. The van der Waals surface area contributed by atoms with Crippen molar-refractivity contribution in [1.82, 2.24) is 4.98 Å². The van der Waals surface area contributed by atoms with Crippen molar-refractivity contribution in [3.63, 3.8) is 0 Å². The molecule has 0 saturated carbocycles. The molecule has 0 fully saturated rings. The molecule has 0 saturated heterocycles.